The zero-order chi connectivity index (χ0) is 9.97. The van der Waals surface area contributed by atoms with E-state index >= 15 is 0 Å². The molecule has 2 N–H and O–H groups in total. The van der Waals surface area contributed by atoms with Gasteiger partial charge in [-0.2, -0.15) is 5.10 Å². The molecule has 1 aliphatic rings. The van der Waals surface area contributed by atoms with E-state index in [0.717, 1.165) is 19.6 Å². The summed E-state index contributed by atoms with van der Waals surface area (Å²) in [5, 5.41) is 16.8. The molecule has 1 fully saturated rings. The molecule has 0 spiro atoms. The van der Waals surface area contributed by atoms with Crippen LogP contribution in [0.4, 0.5) is 0 Å². The summed E-state index contributed by atoms with van der Waals surface area (Å²) in [7, 11) is 0. The summed E-state index contributed by atoms with van der Waals surface area (Å²) in [6, 6.07) is 2.06. The molecule has 0 saturated carbocycles. The molecule has 4 nitrogen and oxygen atoms in total. The van der Waals surface area contributed by atoms with E-state index in [4.69, 9.17) is 0 Å². The van der Waals surface area contributed by atoms with Gasteiger partial charge in [-0.3, -0.25) is 4.68 Å². The molecule has 4 heteroatoms. The average Bonchev–Trinajstić information content (AvgIpc) is 2.85. The van der Waals surface area contributed by atoms with Crippen molar-refractivity contribution in [1.29, 1.82) is 0 Å². The van der Waals surface area contributed by atoms with E-state index in [1.54, 1.807) is 0 Å². The summed E-state index contributed by atoms with van der Waals surface area (Å²) in [6.07, 6.45) is 1.84. The molecule has 0 amide bonds. The molecule has 1 saturated heterocycles. The van der Waals surface area contributed by atoms with E-state index in [-0.39, 0.29) is 6.61 Å². The van der Waals surface area contributed by atoms with Crippen molar-refractivity contribution < 1.29 is 5.11 Å². The Bertz CT molecular complexity index is 297. The molecule has 0 bridgehead atoms. The number of aliphatic hydroxyl groups excluding tert-OH is 1. The first kappa shape index (κ1) is 9.68. The van der Waals surface area contributed by atoms with Gasteiger partial charge in [0.2, 0.25) is 0 Å². The quantitative estimate of drug-likeness (QED) is 0.724. The maximum Gasteiger partial charge on any atom is 0.0492 e. The lowest BCUT2D eigenvalue weighted by molar-refractivity contribution is 0.223. The van der Waals surface area contributed by atoms with Crippen molar-refractivity contribution in [2.24, 2.45) is 5.92 Å². The molecule has 2 heterocycles. The van der Waals surface area contributed by atoms with Gasteiger partial charge in [0.25, 0.3) is 0 Å². The molecule has 0 aromatic carbocycles. The first-order valence-electron chi connectivity index (χ1n) is 5.20. The van der Waals surface area contributed by atoms with Crippen LogP contribution in [0.25, 0.3) is 0 Å². The molecule has 1 aliphatic heterocycles. The lowest BCUT2D eigenvalue weighted by atomic mass is 9.93. The first-order chi connectivity index (χ1) is 6.86. The van der Waals surface area contributed by atoms with Gasteiger partial charge in [0, 0.05) is 50.0 Å². The summed E-state index contributed by atoms with van der Waals surface area (Å²) >= 11 is 0. The second-order valence-corrected chi connectivity index (χ2v) is 3.78. The fourth-order valence-corrected chi connectivity index (χ4v) is 2.19. The number of nitrogens with zero attached hydrogens (tertiary/aromatic N) is 2. The van der Waals surface area contributed by atoms with Crippen LogP contribution in [0.15, 0.2) is 12.3 Å². The number of hydrogen-bond donors (Lipinski definition) is 2. The highest BCUT2D eigenvalue weighted by Crippen LogP contribution is 2.27. The zero-order valence-corrected chi connectivity index (χ0v) is 8.48. The highest BCUT2D eigenvalue weighted by Gasteiger charge is 2.29. The van der Waals surface area contributed by atoms with E-state index in [2.05, 4.69) is 23.4 Å². The van der Waals surface area contributed by atoms with Gasteiger partial charge >= 0.3 is 0 Å². The molecule has 14 heavy (non-hydrogen) atoms. The van der Waals surface area contributed by atoms with E-state index in [9.17, 15) is 5.11 Å². The molecule has 0 radical (unpaired) electrons. The van der Waals surface area contributed by atoms with Crippen molar-refractivity contribution in [2.75, 3.05) is 19.7 Å². The Kier molecular flexibility index (Phi) is 2.84. The van der Waals surface area contributed by atoms with E-state index in [1.165, 1.54) is 5.69 Å². The van der Waals surface area contributed by atoms with Gasteiger partial charge in [0.15, 0.2) is 0 Å². The van der Waals surface area contributed by atoms with Crippen molar-refractivity contribution in [1.82, 2.24) is 15.1 Å². The van der Waals surface area contributed by atoms with Crippen molar-refractivity contribution in [2.45, 2.75) is 19.4 Å². The number of nitrogens with one attached hydrogen (secondary N) is 1. The predicted molar refractivity (Wildman–Crippen MR) is 54.1 cm³/mol. The fraction of sp³-hybridized carbons (Fsp3) is 0.700. The molecule has 2 unspecified atom stereocenters. The summed E-state index contributed by atoms with van der Waals surface area (Å²) in [4.78, 5) is 0. The van der Waals surface area contributed by atoms with Crippen molar-refractivity contribution in [3.8, 4) is 0 Å². The number of rotatable bonds is 3. The Morgan fingerprint density at radius 2 is 2.50 bits per heavy atom. The van der Waals surface area contributed by atoms with Crippen molar-refractivity contribution in [3.05, 3.63) is 18.0 Å². The highest BCUT2D eigenvalue weighted by molar-refractivity contribution is 5.12. The normalized spacial score (nSPS) is 27.0. The Morgan fingerprint density at radius 3 is 3.21 bits per heavy atom. The predicted octanol–water partition coefficient (Wildman–Crippen LogP) is 0.198. The maximum atomic E-state index is 9.23. The van der Waals surface area contributed by atoms with Crippen LogP contribution in [-0.4, -0.2) is 34.6 Å². The number of aryl methyl sites for hydroxylation is 1. The number of aromatic nitrogens is 2. The van der Waals surface area contributed by atoms with Gasteiger partial charge < -0.3 is 10.4 Å². The number of hydrogen-bond acceptors (Lipinski definition) is 3. The zero-order valence-electron chi connectivity index (χ0n) is 8.48. The van der Waals surface area contributed by atoms with E-state index in [0.29, 0.717) is 11.8 Å². The molecule has 2 rings (SSSR count). The van der Waals surface area contributed by atoms with Crippen molar-refractivity contribution in [3.63, 3.8) is 0 Å². The molecular weight excluding hydrogens is 178 g/mol. The van der Waals surface area contributed by atoms with Gasteiger partial charge in [0.1, 0.15) is 0 Å². The molecule has 0 aliphatic carbocycles. The van der Waals surface area contributed by atoms with Gasteiger partial charge in [-0.05, 0) is 13.0 Å². The second kappa shape index (κ2) is 4.11. The highest BCUT2D eigenvalue weighted by atomic mass is 16.3. The fourth-order valence-electron chi connectivity index (χ4n) is 2.19. The molecular formula is C10H17N3O. The third kappa shape index (κ3) is 1.55. The average molecular weight is 195 g/mol. The van der Waals surface area contributed by atoms with Gasteiger partial charge in [-0.1, -0.05) is 0 Å². The van der Waals surface area contributed by atoms with Crippen LogP contribution in [-0.2, 0) is 6.54 Å². The largest absolute Gasteiger partial charge is 0.396 e. The molecule has 1 aromatic heterocycles. The summed E-state index contributed by atoms with van der Waals surface area (Å²) in [5.74, 6) is 0.763. The summed E-state index contributed by atoms with van der Waals surface area (Å²) < 4.78 is 2.01. The topological polar surface area (TPSA) is 50.1 Å². The van der Waals surface area contributed by atoms with Crippen LogP contribution in [0.3, 0.4) is 0 Å². The van der Waals surface area contributed by atoms with Crippen LogP contribution in [0.1, 0.15) is 18.5 Å². The molecule has 2 atom stereocenters. The van der Waals surface area contributed by atoms with Crippen LogP contribution in [0.5, 0.6) is 0 Å². The minimum atomic E-state index is 0.257. The Hall–Kier alpha value is -0.870. The van der Waals surface area contributed by atoms with Gasteiger partial charge in [0.05, 0.1) is 0 Å². The minimum Gasteiger partial charge on any atom is -0.396 e. The summed E-state index contributed by atoms with van der Waals surface area (Å²) in [5.41, 5.74) is 1.25. The van der Waals surface area contributed by atoms with Crippen LogP contribution in [0, 0.1) is 5.92 Å². The minimum absolute atomic E-state index is 0.257. The maximum absolute atomic E-state index is 9.23. The lowest BCUT2D eigenvalue weighted by Crippen LogP contribution is -2.18. The molecule has 78 valence electrons. The second-order valence-electron chi connectivity index (χ2n) is 3.78. The number of aliphatic hydroxyl groups is 1. The monoisotopic (exact) mass is 195 g/mol. The standard InChI is InChI=1S/C10H17N3O/c1-2-13-10(3-4-12-13)9-6-11-5-8(9)7-14/h3-4,8-9,11,14H,2,5-7H2,1H3. The first-order valence-corrected chi connectivity index (χ1v) is 5.20. The van der Waals surface area contributed by atoms with E-state index < -0.39 is 0 Å². The lowest BCUT2D eigenvalue weighted by Gasteiger charge is -2.17. The van der Waals surface area contributed by atoms with Gasteiger partial charge in [-0.25, -0.2) is 0 Å². The van der Waals surface area contributed by atoms with Crippen LogP contribution in [0.2, 0.25) is 0 Å². The Balaban J connectivity index is 2.21. The third-order valence-corrected chi connectivity index (χ3v) is 3.00. The van der Waals surface area contributed by atoms with E-state index in [1.807, 2.05) is 10.9 Å². The smallest absolute Gasteiger partial charge is 0.0492 e. The SMILES string of the molecule is CCn1nccc1C1CNCC1CO. The van der Waals surface area contributed by atoms with Crippen LogP contribution >= 0.6 is 0 Å². The third-order valence-electron chi connectivity index (χ3n) is 3.00. The van der Waals surface area contributed by atoms with Crippen LogP contribution < -0.4 is 5.32 Å². The molecule has 1 aromatic rings. The summed E-state index contributed by atoms with van der Waals surface area (Å²) in [6.45, 7) is 5.11. The van der Waals surface area contributed by atoms with Crippen molar-refractivity contribution >= 4 is 0 Å². The Morgan fingerprint density at radius 1 is 1.64 bits per heavy atom. The van der Waals surface area contributed by atoms with Gasteiger partial charge in [-0.15, -0.1) is 0 Å². The Labute approximate surface area is 83.9 Å².